The summed E-state index contributed by atoms with van der Waals surface area (Å²) in [7, 11) is 0. The summed E-state index contributed by atoms with van der Waals surface area (Å²) in [5.41, 5.74) is 4.68. The number of hydrogen-bond donors (Lipinski definition) is 1. The van der Waals surface area contributed by atoms with Crippen LogP contribution in [0.25, 0.3) is 0 Å². The molecule has 0 fully saturated rings. The predicted octanol–water partition coefficient (Wildman–Crippen LogP) is 3.33. The molecule has 0 amide bonds. The number of nitrogen functional groups attached to an aromatic ring is 1. The number of anilines is 2. The maximum absolute atomic E-state index is 13.5. The number of rotatable bonds is 4. The van der Waals surface area contributed by atoms with Crippen LogP contribution in [0.4, 0.5) is 33.3 Å². The third kappa shape index (κ3) is 3.48. The van der Waals surface area contributed by atoms with Crippen LogP contribution in [0.1, 0.15) is 13.3 Å². The Balaban J connectivity index is 3.17. The molecular formula is C11H13F5N2. The molecule has 0 heterocycles. The molecule has 0 radical (unpaired) electrons. The van der Waals surface area contributed by atoms with Crippen LogP contribution in [0.5, 0.6) is 0 Å². The molecule has 1 aromatic rings. The van der Waals surface area contributed by atoms with Crippen molar-refractivity contribution >= 4 is 11.4 Å². The highest BCUT2D eigenvalue weighted by atomic mass is 19.4. The van der Waals surface area contributed by atoms with Crippen LogP contribution < -0.4 is 10.6 Å². The summed E-state index contributed by atoms with van der Waals surface area (Å²) in [6, 6.07) is 1.83. The lowest BCUT2D eigenvalue weighted by atomic mass is 10.2. The average molecular weight is 268 g/mol. The molecule has 0 bridgehead atoms. The number of nitrogens with zero attached hydrogens (tertiary/aromatic N) is 1. The second kappa shape index (κ2) is 5.41. The van der Waals surface area contributed by atoms with Crippen molar-refractivity contribution in [1.82, 2.24) is 0 Å². The standard InChI is InChI=1S/C11H13F5N2/c1-2-5-18(6-11(14,15)16)10-8(17)4-3-7(12)9(10)13/h3-4H,2,5-6,17H2,1H3. The van der Waals surface area contributed by atoms with Crippen molar-refractivity contribution in [2.24, 2.45) is 0 Å². The highest BCUT2D eigenvalue weighted by molar-refractivity contribution is 5.68. The average Bonchev–Trinajstić information content (AvgIpc) is 2.22. The Labute approximate surface area is 101 Å². The molecule has 7 heteroatoms. The first kappa shape index (κ1) is 14.5. The van der Waals surface area contributed by atoms with Gasteiger partial charge in [0.05, 0.1) is 11.4 Å². The van der Waals surface area contributed by atoms with E-state index in [0.717, 1.165) is 12.1 Å². The van der Waals surface area contributed by atoms with Crippen molar-refractivity contribution in [3.8, 4) is 0 Å². The summed E-state index contributed by atoms with van der Waals surface area (Å²) in [5.74, 6) is -2.57. The van der Waals surface area contributed by atoms with E-state index in [9.17, 15) is 22.0 Å². The molecule has 0 atom stereocenters. The van der Waals surface area contributed by atoms with Gasteiger partial charge in [-0.2, -0.15) is 13.2 Å². The number of benzene rings is 1. The van der Waals surface area contributed by atoms with E-state index in [1.54, 1.807) is 6.92 Å². The number of nitrogens with two attached hydrogens (primary N) is 1. The van der Waals surface area contributed by atoms with Crippen LogP contribution in [0.2, 0.25) is 0 Å². The van der Waals surface area contributed by atoms with E-state index in [1.165, 1.54) is 0 Å². The summed E-state index contributed by atoms with van der Waals surface area (Å²) < 4.78 is 63.7. The second-order valence-electron chi connectivity index (χ2n) is 3.84. The first-order valence-electron chi connectivity index (χ1n) is 5.31. The van der Waals surface area contributed by atoms with Gasteiger partial charge in [0.2, 0.25) is 0 Å². The van der Waals surface area contributed by atoms with Gasteiger partial charge in [-0.25, -0.2) is 8.78 Å². The molecule has 2 N–H and O–H groups in total. The van der Waals surface area contributed by atoms with Crippen LogP contribution in [-0.4, -0.2) is 19.3 Å². The van der Waals surface area contributed by atoms with Crippen LogP contribution >= 0.6 is 0 Å². The number of hydrogen-bond acceptors (Lipinski definition) is 2. The summed E-state index contributed by atoms with van der Waals surface area (Å²) >= 11 is 0. The first-order chi connectivity index (χ1) is 8.26. The molecule has 102 valence electrons. The molecular weight excluding hydrogens is 255 g/mol. The van der Waals surface area contributed by atoms with Crippen molar-refractivity contribution in [3.05, 3.63) is 23.8 Å². The molecule has 0 aromatic heterocycles. The molecule has 0 aliphatic carbocycles. The van der Waals surface area contributed by atoms with Gasteiger partial charge in [-0.05, 0) is 18.6 Å². The minimum Gasteiger partial charge on any atom is -0.397 e. The number of halogens is 5. The largest absolute Gasteiger partial charge is 0.405 e. The highest BCUT2D eigenvalue weighted by Crippen LogP contribution is 2.31. The summed E-state index contributed by atoms with van der Waals surface area (Å²) in [4.78, 5) is 0.702. The van der Waals surface area contributed by atoms with Gasteiger partial charge in [0.25, 0.3) is 0 Å². The lowest BCUT2D eigenvalue weighted by Crippen LogP contribution is -2.36. The van der Waals surface area contributed by atoms with Gasteiger partial charge < -0.3 is 10.6 Å². The van der Waals surface area contributed by atoms with Gasteiger partial charge in [-0.3, -0.25) is 0 Å². The van der Waals surface area contributed by atoms with Crippen LogP contribution in [0.3, 0.4) is 0 Å². The maximum Gasteiger partial charge on any atom is 0.405 e. The van der Waals surface area contributed by atoms with E-state index in [0.29, 0.717) is 11.3 Å². The molecule has 2 nitrogen and oxygen atoms in total. The Kier molecular flexibility index (Phi) is 4.37. The van der Waals surface area contributed by atoms with Crippen molar-refractivity contribution in [3.63, 3.8) is 0 Å². The zero-order valence-corrected chi connectivity index (χ0v) is 9.69. The van der Waals surface area contributed by atoms with Gasteiger partial charge in [0.15, 0.2) is 11.6 Å². The lowest BCUT2D eigenvalue weighted by Gasteiger charge is -2.27. The Hall–Kier alpha value is -1.53. The topological polar surface area (TPSA) is 29.3 Å². The van der Waals surface area contributed by atoms with E-state index in [-0.39, 0.29) is 12.2 Å². The second-order valence-corrected chi connectivity index (χ2v) is 3.84. The van der Waals surface area contributed by atoms with Crippen molar-refractivity contribution in [2.45, 2.75) is 19.5 Å². The van der Waals surface area contributed by atoms with Crippen LogP contribution in [0, 0.1) is 11.6 Å². The zero-order chi connectivity index (χ0) is 13.9. The fourth-order valence-corrected chi connectivity index (χ4v) is 1.63. The van der Waals surface area contributed by atoms with E-state index >= 15 is 0 Å². The van der Waals surface area contributed by atoms with E-state index < -0.39 is 30.0 Å². The normalized spacial score (nSPS) is 11.7. The molecule has 18 heavy (non-hydrogen) atoms. The highest BCUT2D eigenvalue weighted by Gasteiger charge is 2.32. The summed E-state index contributed by atoms with van der Waals surface area (Å²) in [6.07, 6.45) is -4.16. The first-order valence-corrected chi connectivity index (χ1v) is 5.31. The van der Waals surface area contributed by atoms with E-state index in [1.807, 2.05) is 0 Å². The SMILES string of the molecule is CCCN(CC(F)(F)F)c1c(N)ccc(F)c1F. The van der Waals surface area contributed by atoms with Gasteiger partial charge in [0, 0.05) is 6.54 Å². The van der Waals surface area contributed by atoms with Crippen LogP contribution in [-0.2, 0) is 0 Å². The van der Waals surface area contributed by atoms with Crippen LogP contribution in [0.15, 0.2) is 12.1 Å². The predicted molar refractivity (Wildman–Crippen MR) is 59.3 cm³/mol. The fraction of sp³-hybridized carbons (Fsp3) is 0.455. The minimum absolute atomic E-state index is 0.0654. The fourth-order valence-electron chi connectivity index (χ4n) is 1.63. The van der Waals surface area contributed by atoms with Gasteiger partial charge >= 0.3 is 6.18 Å². The molecule has 0 saturated carbocycles. The van der Waals surface area contributed by atoms with E-state index in [2.05, 4.69) is 0 Å². The maximum atomic E-state index is 13.5. The molecule has 0 aliphatic heterocycles. The lowest BCUT2D eigenvalue weighted by molar-refractivity contribution is -0.119. The summed E-state index contributed by atoms with van der Waals surface area (Å²) in [6.45, 7) is 0.201. The Morgan fingerprint density at radius 3 is 2.33 bits per heavy atom. The quantitative estimate of drug-likeness (QED) is 0.670. The third-order valence-corrected chi connectivity index (χ3v) is 2.28. The van der Waals surface area contributed by atoms with Crippen molar-refractivity contribution in [2.75, 3.05) is 23.7 Å². The molecule has 0 aliphatic rings. The minimum atomic E-state index is -4.51. The molecule has 1 rings (SSSR count). The van der Waals surface area contributed by atoms with Gasteiger partial charge in [-0.1, -0.05) is 6.92 Å². The molecule has 0 unspecified atom stereocenters. The van der Waals surface area contributed by atoms with E-state index in [4.69, 9.17) is 5.73 Å². The zero-order valence-electron chi connectivity index (χ0n) is 9.69. The monoisotopic (exact) mass is 268 g/mol. The Morgan fingerprint density at radius 2 is 1.83 bits per heavy atom. The van der Waals surface area contributed by atoms with Gasteiger partial charge in [-0.15, -0.1) is 0 Å². The molecule has 0 saturated heterocycles. The smallest absolute Gasteiger partial charge is 0.397 e. The third-order valence-electron chi connectivity index (χ3n) is 2.28. The summed E-state index contributed by atoms with van der Waals surface area (Å²) in [5, 5.41) is 0. The number of alkyl halides is 3. The van der Waals surface area contributed by atoms with Crippen molar-refractivity contribution < 1.29 is 22.0 Å². The van der Waals surface area contributed by atoms with Gasteiger partial charge in [0.1, 0.15) is 6.54 Å². The Morgan fingerprint density at radius 1 is 1.22 bits per heavy atom. The molecule has 1 aromatic carbocycles. The molecule has 0 spiro atoms. The Bertz CT molecular complexity index is 417. The van der Waals surface area contributed by atoms with Crippen molar-refractivity contribution in [1.29, 1.82) is 0 Å².